The molecule has 0 N–H and O–H groups in total. The Balaban J connectivity index is 1.91. The molecule has 140 valence electrons. The molecule has 0 atom stereocenters. The average Bonchev–Trinajstić information content (AvgIpc) is 2.62. The number of hydrogen-bond acceptors (Lipinski definition) is 0. The molecule has 1 saturated carbocycles. The van der Waals surface area contributed by atoms with Crippen LogP contribution in [0.4, 0.5) is 0 Å². The van der Waals surface area contributed by atoms with Gasteiger partial charge in [-0.3, -0.25) is 0 Å². The molecule has 0 bridgehead atoms. The van der Waals surface area contributed by atoms with E-state index >= 15 is 0 Å². The molecule has 0 unspecified atom stereocenters. The summed E-state index contributed by atoms with van der Waals surface area (Å²) in [5.74, 6) is 1.71. The zero-order chi connectivity index (χ0) is 18.9. The van der Waals surface area contributed by atoms with Gasteiger partial charge in [0.1, 0.15) is 0 Å². The maximum absolute atomic E-state index is 2.48. The van der Waals surface area contributed by atoms with Gasteiger partial charge in [0.05, 0.1) is 0 Å². The number of hydrogen-bond donors (Lipinski definition) is 0. The Hall–Kier alpha value is -1.56. The van der Waals surface area contributed by atoms with Crippen molar-refractivity contribution in [2.45, 2.75) is 78.1 Å². The maximum Gasteiger partial charge on any atom is 0.0146 e. The monoisotopic (exact) mass is 348 g/mol. The molecule has 1 aliphatic rings. The summed E-state index contributed by atoms with van der Waals surface area (Å²) in [7, 11) is 0. The van der Waals surface area contributed by atoms with Gasteiger partial charge in [-0.25, -0.2) is 0 Å². The third-order valence-electron chi connectivity index (χ3n) is 7.14. The van der Waals surface area contributed by atoms with Crippen molar-refractivity contribution in [1.29, 1.82) is 0 Å². The van der Waals surface area contributed by atoms with E-state index in [1.54, 1.807) is 0 Å². The quantitative estimate of drug-likeness (QED) is 0.539. The third-order valence-corrected chi connectivity index (χ3v) is 7.14. The third kappa shape index (κ3) is 3.75. The summed E-state index contributed by atoms with van der Waals surface area (Å²) in [6, 6.07) is 18.5. The topological polar surface area (TPSA) is 0 Å². The van der Waals surface area contributed by atoms with E-state index in [1.807, 2.05) is 0 Å². The first-order chi connectivity index (χ1) is 12.2. The van der Waals surface area contributed by atoms with Crippen LogP contribution in [0.2, 0.25) is 0 Å². The van der Waals surface area contributed by atoms with Crippen LogP contribution in [0, 0.1) is 18.8 Å². The van der Waals surface area contributed by atoms with Gasteiger partial charge in [-0.1, -0.05) is 102 Å². The largest absolute Gasteiger partial charge is 0.0625 e. The Morgan fingerprint density at radius 2 is 1.31 bits per heavy atom. The van der Waals surface area contributed by atoms with Crippen molar-refractivity contribution in [2.75, 3.05) is 0 Å². The highest BCUT2D eigenvalue weighted by Gasteiger charge is 2.34. The lowest BCUT2D eigenvalue weighted by atomic mass is 9.65. The average molecular weight is 349 g/mol. The number of benzene rings is 2. The fourth-order valence-electron chi connectivity index (χ4n) is 4.66. The highest BCUT2D eigenvalue weighted by Crippen LogP contribution is 2.43. The summed E-state index contributed by atoms with van der Waals surface area (Å²) in [6.07, 6.45) is 5.53. The SMILES string of the molecule is Cc1ccc(C(C)(C)c2cccc(C(C)(C)C3CCC(C)CC3)c2)cc1. The molecule has 0 amide bonds. The molecule has 0 saturated heterocycles. The van der Waals surface area contributed by atoms with E-state index in [-0.39, 0.29) is 10.8 Å². The molecule has 0 aliphatic heterocycles. The van der Waals surface area contributed by atoms with Gasteiger partial charge in [0.2, 0.25) is 0 Å². The van der Waals surface area contributed by atoms with E-state index in [9.17, 15) is 0 Å². The van der Waals surface area contributed by atoms with Gasteiger partial charge in [-0.2, -0.15) is 0 Å². The Labute approximate surface area is 161 Å². The highest BCUT2D eigenvalue weighted by molar-refractivity contribution is 5.41. The molecule has 26 heavy (non-hydrogen) atoms. The van der Waals surface area contributed by atoms with Crippen molar-refractivity contribution in [1.82, 2.24) is 0 Å². The van der Waals surface area contributed by atoms with Crippen LogP contribution in [0.5, 0.6) is 0 Å². The summed E-state index contributed by atoms with van der Waals surface area (Å²) in [5, 5.41) is 0. The predicted octanol–water partition coefficient (Wildman–Crippen LogP) is 7.42. The van der Waals surface area contributed by atoms with Crippen LogP contribution in [-0.2, 0) is 10.8 Å². The first-order valence-electron chi connectivity index (χ1n) is 10.4. The van der Waals surface area contributed by atoms with Gasteiger partial charge in [-0.15, -0.1) is 0 Å². The van der Waals surface area contributed by atoms with Gasteiger partial charge in [0, 0.05) is 5.41 Å². The molecule has 0 radical (unpaired) electrons. The highest BCUT2D eigenvalue weighted by atomic mass is 14.4. The van der Waals surface area contributed by atoms with Crippen LogP contribution < -0.4 is 0 Å². The van der Waals surface area contributed by atoms with Crippen LogP contribution in [0.25, 0.3) is 0 Å². The van der Waals surface area contributed by atoms with Crippen LogP contribution in [-0.4, -0.2) is 0 Å². The van der Waals surface area contributed by atoms with Gasteiger partial charge in [-0.05, 0) is 53.7 Å². The maximum atomic E-state index is 2.48. The van der Waals surface area contributed by atoms with Crippen molar-refractivity contribution in [3.63, 3.8) is 0 Å². The molecule has 0 spiro atoms. The lowest BCUT2D eigenvalue weighted by Crippen LogP contribution is -2.32. The van der Waals surface area contributed by atoms with Crippen molar-refractivity contribution in [3.8, 4) is 0 Å². The molecular weight excluding hydrogens is 312 g/mol. The van der Waals surface area contributed by atoms with Crippen molar-refractivity contribution < 1.29 is 0 Å². The molecule has 0 aromatic heterocycles. The Bertz CT molecular complexity index is 725. The Morgan fingerprint density at radius 3 is 1.92 bits per heavy atom. The van der Waals surface area contributed by atoms with Crippen molar-refractivity contribution in [3.05, 3.63) is 70.8 Å². The van der Waals surface area contributed by atoms with Crippen LogP contribution >= 0.6 is 0 Å². The molecular formula is C26H36. The van der Waals surface area contributed by atoms with Crippen LogP contribution in [0.15, 0.2) is 48.5 Å². The van der Waals surface area contributed by atoms with E-state index in [1.165, 1.54) is 47.9 Å². The van der Waals surface area contributed by atoms with E-state index in [4.69, 9.17) is 0 Å². The van der Waals surface area contributed by atoms with Gasteiger partial charge < -0.3 is 0 Å². The smallest absolute Gasteiger partial charge is 0.0146 e. The minimum atomic E-state index is 0.0286. The van der Waals surface area contributed by atoms with Crippen molar-refractivity contribution >= 4 is 0 Å². The summed E-state index contributed by atoms with van der Waals surface area (Å²) in [5.41, 5.74) is 5.93. The Kier molecular flexibility index (Phi) is 5.33. The van der Waals surface area contributed by atoms with Gasteiger partial charge in [0.25, 0.3) is 0 Å². The zero-order valence-electron chi connectivity index (χ0n) is 17.6. The molecule has 1 fully saturated rings. The molecule has 0 heterocycles. The molecule has 2 aromatic carbocycles. The van der Waals surface area contributed by atoms with Crippen LogP contribution in [0.1, 0.15) is 82.6 Å². The summed E-state index contributed by atoms with van der Waals surface area (Å²) in [4.78, 5) is 0. The number of aryl methyl sites for hydroxylation is 1. The fourth-order valence-corrected chi connectivity index (χ4v) is 4.66. The van der Waals surface area contributed by atoms with E-state index in [0.717, 1.165) is 11.8 Å². The normalized spacial score (nSPS) is 21.6. The minimum absolute atomic E-state index is 0.0286. The second-order valence-electron chi connectivity index (χ2n) is 9.75. The van der Waals surface area contributed by atoms with E-state index in [0.29, 0.717) is 0 Å². The summed E-state index contributed by atoms with van der Waals surface area (Å²) >= 11 is 0. The second kappa shape index (κ2) is 7.22. The molecule has 0 nitrogen and oxygen atoms in total. The van der Waals surface area contributed by atoms with Gasteiger partial charge >= 0.3 is 0 Å². The van der Waals surface area contributed by atoms with E-state index < -0.39 is 0 Å². The zero-order valence-corrected chi connectivity index (χ0v) is 17.6. The predicted molar refractivity (Wildman–Crippen MR) is 114 cm³/mol. The lowest BCUT2D eigenvalue weighted by Gasteiger charge is -2.40. The fraction of sp³-hybridized carbons (Fsp3) is 0.538. The van der Waals surface area contributed by atoms with E-state index in [2.05, 4.69) is 90.1 Å². The van der Waals surface area contributed by atoms with Crippen molar-refractivity contribution in [2.24, 2.45) is 11.8 Å². The van der Waals surface area contributed by atoms with Gasteiger partial charge in [0.15, 0.2) is 0 Å². The first-order valence-corrected chi connectivity index (χ1v) is 10.4. The molecule has 2 aromatic rings. The second-order valence-corrected chi connectivity index (χ2v) is 9.75. The Morgan fingerprint density at radius 1 is 0.731 bits per heavy atom. The molecule has 3 rings (SSSR count). The minimum Gasteiger partial charge on any atom is -0.0625 e. The summed E-state index contributed by atoms with van der Waals surface area (Å²) in [6.45, 7) is 14.2. The molecule has 1 aliphatic carbocycles. The lowest BCUT2D eigenvalue weighted by molar-refractivity contribution is 0.202. The molecule has 0 heteroatoms. The van der Waals surface area contributed by atoms with Crippen LogP contribution in [0.3, 0.4) is 0 Å². The summed E-state index contributed by atoms with van der Waals surface area (Å²) < 4.78 is 0. The standard InChI is InChI=1S/C26H36/c1-19-10-14-21(15-11-19)25(3,4)23-8-7-9-24(18-23)26(5,6)22-16-12-20(2)13-17-22/h7-11,14-15,18,20,22H,12-13,16-17H2,1-6H3. The number of rotatable bonds is 4. The first kappa shape index (κ1) is 19.2.